The van der Waals surface area contributed by atoms with Crippen LogP contribution >= 0.6 is 0 Å². The fourth-order valence-corrected chi connectivity index (χ4v) is 7.24. The summed E-state index contributed by atoms with van der Waals surface area (Å²) < 4.78 is 21.4. The lowest BCUT2D eigenvalue weighted by Crippen LogP contribution is -2.45. The number of nitrogens with two attached hydrogens (primary N) is 4. The van der Waals surface area contributed by atoms with Crippen molar-refractivity contribution in [1.82, 2.24) is 16.0 Å². The van der Waals surface area contributed by atoms with Gasteiger partial charge in [-0.1, -0.05) is 0 Å². The highest BCUT2D eigenvalue weighted by molar-refractivity contribution is 6.07. The van der Waals surface area contributed by atoms with E-state index in [9.17, 15) is 38.4 Å². The molecule has 0 saturated heterocycles. The maximum Gasteiger partial charge on any atom is 0.255 e. The van der Waals surface area contributed by atoms with Crippen LogP contribution in [0.15, 0.2) is 72.8 Å². The number of rotatable bonds is 27. The van der Waals surface area contributed by atoms with Crippen LogP contribution in [0.3, 0.4) is 0 Å². The first-order valence-corrected chi connectivity index (χ1v) is 22.8. The largest absolute Gasteiger partial charge is 0.496 e. The van der Waals surface area contributed by atoms with Crippen molar-refractivity contribution in [3.63, 3.8) is 0 Å². The molecule has 15 N–H and O–H groups in total. The molecule has 0 radical (unpaired) electrons. The summed E-state index contributed by atoms with van der Waals surface area (Å²) >= 11 is 0. The lowest BCUT2D eigenvalue weighted by Gasteiger charge is -2.21. The molecule has 0 spiro atoms. The third-order valence-corrected chi connectivity index (χ3v) is 10.9. The number of nitrogens with one attached hydrogen (secondary N) is 7. The van der Waals surface area contributed by atoms with Crippen molar-refractivity contribution in [3.8, 4) is 23.0 Å². The van der Waals surface area contributed by atoms with Gasteiger partial charge in [0, 0.05) is 29.7 Å². The molecule has 4 aromatic rings. The van der Waals surface area contributed by atoms with Gasteiger partial charge in [0.1, 0.15) is 41.1 Å². The Morgan fingerprint density at radius 3 is 0.944 bits per heavy atom. The van der Waals surface area contributed by atoms with Gasteiger partial charge in [-0.15, -0.1) is 0 Å². The lowest BCUT2D eigenvalue weighted by atomic mass is 10.1. The Morgan fingerprint density at radius 1 is 0.431 bits per heavy atom. The molecule has 3 atom stereocenters. The smallest absolute Gasteiger partial charge is 0.255 e. The molecule has 23 nitrogen and oxygen atoms in total. The zero-order valence-corrected chi connectivity index (χ0v) is 40.7. The first-order chi connectivity index (χ1) is 34.5. The van der Waals surface area contributed by atoms with Gasteiger partial charge in [0.15, 0.2) is 0 Å². The van der Waals surface area contributed by atoms with E-state index in [2.05, 4.69) is 37.2 Å². The highest BCUT2D eigenvalue weighted by Crippen LogP contribution is 2.27. The van der Waals surface area contributed by atoms with Crippen LogP contribution in [0.4, 0.5) is 22.7 Å². The zero-order valence-electron chi connectivity index (χ0n) is 40.7. The van der Waals surface area contributed by atoms with Crippen LogP contribution in [0.5, 0.6) is 23.0 Å². The summed E-state index contributed by atoms with van der Waals surface area (Å²) in [6.45, 7) is 1.92. The normalized spacial score (nSPS) is 11.9. The van der Waals surface area contributed by atoms with Crippen molar-refractivity contribution in [2.75, 3.05) is 69.3 Å². The fourth-order valence-electron chi connectivity index (χ4n) is 7.24. The predicted octanol–water partition coefficient (Wildman–Crippen LogP) is 2.21. The van der Waals surface area contributed by atoms with Crippen molar-refractivity contribution in [1.29, 1.82) is 0 Å². The Morgan fingerprint density at radius 2 is 0.694 bits per heavy atom. The third kappa shape index (κ3) is 15.9. The van der Waals surface area contributed by atoms with Crippen molar-refractivity contribution in [2.24, 2.45) is 22.9 Å². The first-order valence-electron chi connectivity index (χ1n) is 22.8. The van der Waals surface area contributed by atoms with Crippen LogP contribution in [-0.4, -0.2) is 113 Å². The van der Waals surface area contributed by atoms with Crippen LogP contribution in [0.2, 0.25) is 0 Å². The van der Waals surface area contributed by atoms with E-state index in [1.165, 1.54) is 102 Å². The summed E-state index contributed by atoms with van der Waals surface area (Å²) in [5, 5.41) is 18.9. The molecule has 0 saturated carbocycles. The Kier molecular flexibility index (Phi) is 21.7. The van der Waals surface area contributed by atoms with E-state index in [-0.39, 0.29) is 107 Å². The van der Waals surface area contributed by atoms with Gasteiger partial charge in [-0.25, -0.2) is 0 Å². The van der Waals surface area contributed by atoms with Gasteiger partial charge < -0.3 is 79.1 Å². The minimum Gasteiger partial charge on any atom is -0.496 e. The van der Waals surface area contributed by atoms with Crippen molar-refractivity contribution in [3.05, 3.63) is 95.1 Å². The molecular formula is C49H63N11O12. The van der Waals surface area contributed by atoms with Crippen LogP contribution in [0, 0.1) is 0 Å². The summed E-state index contributed by atoms with van der Waals surface area (Å²) in [4.78, 5) is 106. The minimum atomic E-state index is -1.18. The van der Waals surface area contributed by atoms with Crippen LogP contribution < -0.4 is 79.1 Å². The average molecular weight is 998 g/mol. The number of amides is 8. The Bertz CT molecular complexity index is 2610. The van der Waals surface area contributed by atoms with Crippen molar-refractivity contribution < 1.29 is 57.3 Å². The molecule has 0 bridgehead atoms. The number of methoxy groups -OCH3 is 4. The molecular weight excluding hydrogens is 935 g/mol. The summed E-state index contributed by atoms with van der Waals surface area (Å²) in [7, 11) is 5.41. The van der Waals surface area contributed by atoms with Gasteiger partial charge in [0.2, 0.25) is 23.6 Å². The highest BCUT2D eigenvalue weighted by Gasteiger charge is 2.28. The van der Waals surface area contributed by atoms with E-state index in [0.29, 0.717) is 24.9 Å². The van der Waals surface area contributed by atoms with E-state index < -0.39 is 59.5 Å². The Balaban J connectivity index is 1.53. The number of anilines is 4. The molecule has 8 amide bonds. The molecule has 0 aliphatic rings. The number of ether oxygens (including phenoxy) is 4. The predicted molar refractivity (Wildman–Crippen MR) is 269 cm³/mol. The molecule has 0 aliphatic heterocycles. The maximum atomic E-state index is 14.0. The highest BCUT2D eigenvalue weighted by atomic mass is 16.5. The maximum absolute atomic E-state index is 14.0. The number of benzene rings is 4. The van der Waals surface area contributed by atoms with E-state index >= 15 is 0 Å². The van der Waals surface area contributed by atoms with Gasteiger partial charge >= 0.3 is 0 Å². The zero-order chi connectivity index (χ0) is 52.9. The molecule has 4 aromatic carbocycles. The molecule has 23 heteroatoms. The van der Waals surface area contributed by atoms with Gasteiger partial charge in [-0.3, -0.25) is 38.4 Å². The van der Waals surface area contributed by atoms with Gasteiger partial charge in [0.05, 0.1) is 50.7 Å². The standard InChI is InChI=1S/C49H63N11O12/c1-27(61)54-28-12-17-40(70-3)33(24-28)44(63)58-37(10-7-21-51)48(67)56-30-14-19-42(72-5)35(26-30)46(65)60-38(11-8-22-52)49(68)57-31-15-18-41(71-4)34(25-31)45(64)59-36(9-6-20-50)47(66)55-29-13-16-39(69-2)32(23-29)43(53)62/h12-19,23-26,36-38H,6-11,20-22,50-52H2,1-5H3,(H2,53,62)(H,54,61)(H,55,66)(H,56,67)(H,57,68)(H,58,63)(H,59,64)(H,60,65)/t36-,37-,38-/m0/s1. The van der Waals surface area contributed by atoms with E-state index in [1.807, 2.05) is 0 Å². The van der Waals surface area contributed by atoms with Crippen molar-refractivity contribution >= 4 is 70.0 Å². The van der Waals surface area contributed by atoms with Crippen LogP contribution in [-0.2, 0) is 19.2 Å². The van der Waals surface area contributed by atoms with Crippen molar-refractivity contribution in [2.45, 2.75) is 63.6 Å². The summed E-state index contributed by atoms with van der Waals surface area (Å²) in [5.41, 5.74) is 23.6. The second-order valence-corrected chi connectivity index (χ2v) is 16.0. The van der Waals surface area contributed by atoms with Crippen LogP contribution in [0.25, 0.3) is 0 Å². The topological polar surface area (TPSA) is 362 Å². The number of hydrogen-bond acceptors (Lipinski definition) is 15. The van der Waals surface area contributed by atoms with Gasteiger partial charge in [-0.2, -0.15) is 0 Å². The fraction of sp³-hybridized carbons (Fsp3) is 0.347. The average Bonchev–Trinajstić information content (AvgIpc) is 3.36. The van der Waals surface area contributed by atoms with E-state index in [1.54, 1.807) is 6.07 Å². The summed E-state index contributed by atoms with van der Waals surface area (Å²) in [6.07, 6.45) is 1.39. The number of carbonyl (C=O) groups is 8. The number of primary amides is 1. The second-order valence-electron chi connectivity index (χ2n) is 16.0. The molecule has 0 aliphatic carbocycles. The quantitative estimate of drug-likeness (QED) is 0.0408. The monoisotopic (exact) mass is 997 g/mol. The van der Waals surface area contributed by atoms with E-state index in [0.717, 1.165) is 0 Å². The molecule has 4 rings (SSSR count). The van der Waals surface area contributed by atoms with Crippen LogP contribution in [0.1, 0.15) is 86.9 Å². The SMILES string of the molecule is COc1ccc(NC(=O)[C@H](CCCN)NC(=O)c2cc(NC(=O)[C@H](CCCN)NC(=O)c3cc(NC(=O)[C@H](CCCN)NC(=O)c4cc(NC(C)=O)ccc4OC)ccc3OC)ccc2OC)cc1C(N)=O. The molecule has 0 aromatic heterocycles. The lowest BCUT2D eigenvalue weighted by molar-refractivity contribution is -0.118. The molecule has 0 unspecified atom stereocenters. The minimum absolute atomic E-state index is 0.0299. The molecule has 72 heavy (non-hydrogen) atoms. The number of hydrogen-bond donors (Lipinski definition) is 11. The summed E-state index contributed by atoms with van der Waals surface area (Å²) in [6, 6.07) is 13.9. The van der Waals surface area contributed by atoms with E-state index in [4.69, 9.17) is 41.9 Å². The first kappa shape index (κ1) is 56.3. The number of carbonyl (C=O) groups excluding carboxylic acids is 8. The molecule has 0 fully saturated rings. The molecule has 0 heterocycles. The second kappa shape index (κ2) is 27.8. The molecule has 386 valence electrons. The van der Waals surface area contributed by atoms with Gasteiger partial charge in [0.25, 0.3) is 23.6 Å². The summed E-state index contributed by atoms with van der Waals surface area (Å²) in [5.74, 6) is -4.61. The Labute approximate surface area is 416 Å². The Hall–Kier alpha value is -8.28. The third-order valence-electron chi connectivity index (χ3n) is 10.9. The van der Waals surface area contributed by atoms with Gasteiger partial charge in [-0.05, 0) is 131 Å².